The summed E-state index contributed by atoms with van der Waals surface area (Å²) in [5.74, 6) is 1.38. The highest BCUT2D eigenvalue weighted by Crippen LogP contribution is 2.19. The number of hydrogen-bond acceptors (Lipinski definition) is 5. The number of methoxy groups -OCH3 is 1. The summed E-state index contributed by atoms with van der Waals surface area (Å²) in [6.45, 7) is 5.07. The van der Waals surface area contributed by atoms with Crippen molar-refractivity contribution in [3.05, 3.63) is 87.9 Å². The molecule has 0 atom stereocenters. The third-order valence-electron chi connectivity index (χ3n) is 5.62. The van der Waals surface area contributed by atoms with Crippen molar-refractivity contribution in [2.24, 2.45) is 0 Å². The van der Waals surface area contributed by atoms with E-state index in [1.807, 2.05) is 73.1 Å². The van der Waals surface area contributed by atoms with Gasteiger partial charge in [0.1, 0.15) is 5.75 Å². The van der Waals surface area contributed by atoms with Gasteiger partial charge in [0.25, 0.3) is 0 Å². The molecule has 0 aliphatic rings. The molecular weight excluding hydrogens is 404 g/mol. The predicted molar refractivity (Wildman–Crippen MR) is 122 cm³/mol. The van der Waals surface area contributed by atoms with Gasteiger partial charge in [-0.15, -0.1) is 5.10 Å². The average molecular weight is 428 g/mol. The molecule has 0 N–H and O–H groups in total. The molecule has 0 saturated carbocycles. The maximum absolute atomic E-state index is 13.4. The van der Waals surface area contributed by atoms with Gasteiger partial charge >= 0.3 is 5.69 Å². The minimum absolute atomic E-state index is 0.216. The Balaban J connectivity index is 1.57. The molecule has 0 radical (unpaired) electrons. The van der Waals surface area contributed by atoms with Crippen molar-refractivity contribution in [3.8, 4) is 5.75 Å². The third-order valence-corrected chi connectivity index (χ3v) is 5.62. The molecule has 5 aromatic rings. The fraction of sp³-hybridized carbons (Fsp3) is 0.250. The van der Waals surface area contributed by atoms with Crippen LogP contribution in [0.4, 0.5) is 0 Å². The Kier molecular flexibility index (Phi) is 4.97. The van der Waals surface area contributed by atoms with Gasteiger partial charge in [-0.3, -0.25) is 9.25 Å². The standard InChI is InChI=1S/C24H24N6O2/c1-16-13-17(2)29(26-16)12-11-22-25-23-20-9-4-5-10-21(20)28(24(31)30(23)27-22)15-18-7-6-8-19(14-18)32-3/h4-10,13-14H,11-12,15H2,1-3H3. The van der Waals surface area contributed by atoms with Gasteiger partial charge in [-0.2, -0.15) is 9.61 Å². The molecule has 0 unspecified atom stereocenters. The number of aromatic nitrogens is 6. The van der Waals surface area contributed by atoms with Gasteiger partial charge in [-0.05, 0) is 49.7 Å². The Morgan fingerprint density at radius 2 is 1.84 bits per heavy atom. The van der Waals surface area contributed by atoms with Crippen LogP contribution in [0.5, 0.6) is 5.75 Å². The van der Waals surface area contributed by atoms with Gasteiger partial charge < -0.3 is 4.74 Å². The minimum atomic E-state index is -0.216. The van der Waals surface area contributed by atoms with Crippen molar-refractivity contribution in [2.45, 2.75) is 33.4 Å². The van der Waals surface area contributed by atoms with Crippen molar-refractivity contribution in [2.75, 3.05) is 7.11 Å². The van der Waals surface area contributed by atoms with Crippen LogP contribution in [-0.4, -0.2) is 36.1 Å². The zero-order valence-electron chi connectivity index (χ0n) is 18.3. The van der Waals surface area contributed by atoms with E-state index < -0.39 is 0 Å². The van der Waals surface area contributed by atoms with Gasteiger partial charge in [0.2, 0.25) is 0 Å². The fourth-order valence-corrected chi connectivity index (χ4v) is 4.10. The Morgan fingerprint density at radius 3 is 2.62 bits per heavy atom. The fourth-order valence-electron chi connectivity index (χ4n) is 4.10. The number of rotatable bonds is 6. The van der Waals surface area contributed by atoms with Crippen molar-refractivity contribution in [1.29, 1.82) is 0 Å². The topological polar surface area (TPSA) is 79.2 Å². The largest absolute Gasteiger partial charge is 0.497 e. The molecule has 162 valence electrons. The van der Waals surface area contributed by atoms with Gasteiger partial charge in [-0.25, -0.2) is 9.78 Å². The Labute approximate surface area is 184 Å². The molecule has 3 heterocycles. The Morgan fingerprint density at radius 1 is 1.00 bits per heavy atom. The number of fused-ring (bicyclic) bond motifs is 3. The second-order valence-electron chi connectivity index (χ2n) is 7.90. The lowest BCUT2D eigenvalue weighted by atomic mass is 10.2. The molecule has 32 heavy (non-hydrogen) atoms. The van der Waals surface area contributed by atoms with Gasteiger partial charge in [0.15, 0.2) is 11.5 Å². The van der Waals surface area contributed by atoms with Crippen molar-refractivity contribution in [3.63, 3.8) is 0 Å². The van der Waals surface area contributed by atoms with E-state index in [9.17, 15) is 4.79 Å². The lowest BCUT2D eigenvalue weighted by molar-refractivity contribution is 0.414. The normalized spacial score (nSPS) is 11.5. The van der Waals surface area contributed by atoms with E-state index in [2.05, 4.69) is 10.2 Å². The molecule has 0 fully saturated rings. The SMILES string of the molecule is COc1cccc(Cn2c(=O)n3nc(CCn4nc(C)cc4C)nc3c3ccccc32)c1. The van der Waals surface area contributed by atoms with Gasteiger partial charge in [0, 0.05) is 24.0 Å². The number of nitrogens with zero attached hydrogens (tertiary/aromatic N) is 6. The van der Waals surface area contributed by atoms with Crippen molar-refractivity contribution in [1.82, 2.24) is 28.9 Å². The summed E-state index contributed by atoms with van der Waals surface area (Å²) in [5, 5.41) is 9.95. The smallest absolute Gasteiger partial charge is 0.351 e. The van der Waals surface area contributed by atoms with Crippen LogP contribution in [-0.2, 0) is 19.5 Å². The molecule has 8 heteroatoms. The van der Waals surface area contributed by atoms with Crippen LogP contribution in [0.1, 0.15) is 22.8 Å². The number of ether oxygens (including phenoxy) is 1. The van der Waals surface area contributed by atoms with Crippen LogP contribution in [0.2, 0.25) is 0 Å². The van der Waals surface area contributed by atoms with E-state index >= 15 is 0 Å². The lowest BCUT2D eigenvalue weighted by Crippen LogP contribution is -2.28. The third kappa shape index (κ3) is 3.53. The van der Waals surface area contributed by atoms with E-state index in [-0.39, 0.29) is 5.69 Å². The summed E-state index contributed by atoms with van der Waals surface area (Å²) in [5.41, 5.74) is 4.24. The first-order chi connectivity index (χ1) is 15.5. The first kappa shape index (κ1) is 20.0. The highest BCUT2D eigenvalue weighted by Gasteiger charge is 2.15. The average Bonchev–Trinajstić information content (AvgIpc) is 3.38. The first-order valence-corrected chi connectivity index (χ1v) is 10.5. The molecule has 0 saturated heterocycles. The van der Waals surface area contributed by atoms with Crippen molar-refractivity contribution < 1.29 is 4.74 Å². The summed E-state index contributed by atoms with van der Waals surface area (Å²) in [6, 6.07) is 17.6. The highest BCUT2D eigenvalue weighted by molar-refractivity contribution is 5.91. The summed E-state index contributed by atoms with van der Waals surface area (Å²) >= 11 is 0. The molecule has 8 nitrogen and oxygen atoms in total. The van der Waals surface area contributed by atoms with Gasteiger partial charge in [-0.1, -0.05) is 24.3 Å². The second kappa shape index (κ2) is 7.96. The van der Waals surface area contributed by atoms with Crippen LogP contribution in [0.3, 0.4) is 0 Å². The summed E-state index contributed by atoms with van der Waals surface area (Å²) in [6.07, 6.45) is 0.591. The lowest BCUT2D eigenvalue weighted by Gasteiger charge is -2.11. The molecule has 0 bridgehead atoms. The Bertz CT molecular complexity index is 1490. The zero-order chi connectivity index (χ0) is 22.2. The van der Waals surface area contributed by atoms with Crippen LogP contribution in [0.25, 0.3) is 16.6 Å². The monoisotopic (exact) mass is 428 g/mol. The Hall–Kier alpha value is -3.94. The zero-order valence-corrected chi connectivity index (χ0v) is 18.3. The van der Waals surface area contributed by atoms with Crippen LogP contribution in [0.15, 0.2) is 59.4 Å². The number of aryl methyl sites for hydroxylation is 4. The molecule has 3 aromatic heterocycles. The van der Waals surface area contributed by atoms with Crippen LogP contribution < -0.4 is 10.4 Å². The van der Waals surface area contributed by atoms with Crippen LogP contribution >= 0.6 is 0 Å². The minimum Gasteiger partial charge on any atom is -0.497 e. The molecule has 0 spiro atoms. The summed E-state index contributed by atoms with van der Waals surface area (Å²) in [4.78, 5) is 18.1. The number of hydrogen-bond donors (Lipinski definition) is 0. The second-order valence-corrected chi connectivity index (χ2v) is 7.90. The molecular formula is C24H24N6O2. The maximum Gasteiger partial charge on any atom is 0.351 e. The van der Waals surface area contributed by atoms with E-state index in [0.717, 1.165) is 33.6 Å². The maximum atomic E-state index is 13.4. The van der Waals surface area contributed by atoms with Gasteiger partial charge in [0.05, 0.1) is 24.9 Å². The van der Waals surface area contributed by atoms with E-state index in [1.54, 1.807) is 11.7 Å². The number of benzene rings is 2. The molecule has 0 amide bonds. The van der Waals surface area contributed by atoms with E-state index in [0.29, 0.717) is 31.0 Å². The highest BCUT2D eigenvalue weighted by atomic mass is 16.5. The first-order valence-electron chi connectivity index (χ1n) is 10.5. The molecule has 0 aliphatic heterocycles. The molecule has 2 aromatic carbocycles. The quantitative estimate of drug-likeness (QED) is 0.415. The van der Waals surface area contributed by atoms with Crippen molar-refractivity contribution >= 4 is 16.6 Å². The molecule has 5 rings (SSSR count). The summed E-state index contributed by atoms with van der Waals surface area (Å²) < 4.78 is 10.4. The van der Waals surface area contributed by atoms with E-state index in [1.165, 1.54) is 4.52 Å². The van der Waals surface area contributed by atoms with E-state index in [4.69, 9.17) is 9.72 Å². The number of para-hydroxylation sites is 1. The molecule has 0 aliphatic carbocycles. The van der Waals surface area contributed by atoms with Crippen LogP contribution in [0, 0.1) is 13.8 Å². The summed E-state index contributed by atoms with van der Waals surface area (Å²) in [7, 11) is 1.63. The predicted octanol–water partition coefficient (Wildman–Crippen LogP) is 3.16.